The van der Waals surface area contributed by atoms with Crippen molar-refractivity contribution in [1.82, 2.24) is 0 Å². The van der Waals surface area contributed by atoms with Crippen LogP contribution < -0.4 is 9.80 Å². The van der Waals surface area contributed by atoms with Crippen LogP contribution in [0.2, 0.25) is 0 Å². The van der Waals surface area contributed by atoms with Crippen molar-refractivity contribution < 1.29 is 13.3 Å². The summed E-state index contributed by atoms with van der Waals surface area (Å²) in [4.78, 5) is 4.75. The summed E-state index contributed by atoms with van der Waals surface area (Å²) < 4.78 is 21.2. The minimum absolute atomic E-state index is 0.826. The molecule has 3 aromatic heterocycles. The summed E-state index contributed by atoms with van der Waals surface area (Å²) in [5, 5.41) is 10.5. The summed E-state index contributed by atoms with van der Waals surface area (Å²) in [5.41, 5.74) is 17.8. The van der Waals surface area contributed by atoms with E-state index in [4.69, 9.17) is 13.3 Å². The summed E-state index contributed by atoms with van der Waals surface area (Å²) in [5.74, 6) is 0. The van der Waals surface area contributed by atoms with Gasteiger partial charge in [-0.15, -0.1) is 0 Å². The summed E-state index contributed by atoms with van der Waals surface area (Å²) >= 11 is 0. The molecule has 354 valence electrons. The normalized spacial score (nSPS) is 11.9. The van der Waals surface area contributed by atoms with Crippen LogP contribution in [0.4, 0.5) is 34.1 Å². The zero-order valence-corrected chi connectivity index (χ0v) is 41.2. The van der Waals surface area contributed by atoms with Crippen LogP contribution in [0.1, 0.15) is 11.1 Å². The van der Waals surface area contributed by atoms with E-state index in [1.165, 1.54) is 0 Å². The van der Waals surface area contributed by atoms with Gasteiger partial charge in [0.1, 0.15) is 22.3 Å². The molecule has 75 heavy (non-hydrogen) atoms. The van der Waals surface area contributed by atoms with E-state index >= 15 is 0 Å². The first-order valence-corrected chi connectivity index (χ1v) is 25.6. The van der Waals surface area contributed by atoms with Crippen molar-refractivity contribution in [2.45, 2.75) is 13.8 Å². The zero-order valence-electron chi connectivity index (χ0n) is 41.2. The van der Waals surface area contributed by atoms with Gasteiger partial charge in [0.25, 0.3) is 0 Å². The summed E-state index contributed by atoms with van der Waals surface area (Å²) in [6.45, 7) is 4.24. The molecule has 15 aromatic rings. The van der Waals surface area contributed by atoms with Crippen molar-refractivity contribution >= 4 is 121 Å². The monoisotopic (exact) mass is 962 g/mol. The highest BCUT2D eigenvalue weighted by molar-refractivity contribution is 6.26. The molecule has 0 aliphatic rings. The first-order valence-electron chi connectivity index (χ1n) is 25.6. The maximum absolute atomic E-state index is 7.27. The second-order valence-corrected chi connectivity index (χ2v) is 19.6. The largest absolute Gasteiger partial charge is 0.455 e. The van der Waals surface area contributed by atoms with E-state index < -0.39 is 0 Å². The van der Waals surface area contributed by atoms with Crippen molar-refractivity contribution in [3.05, 3.63) is 254 Å². The van der Waals surface area contributed by atoms with Crippen molar-refractivity contribution in [3.8, 4) is 22.3 Å². The fourth-order valence-electron chi connectivity index (χ4n) is 11.7. The number of para-hydroxylation sites is 4. The van der Waals surface area contributed by atoms with E-state index in [1.54, 1.807) is 0 Å². The topological polar surface area (TPSA) is 45.9 Å². The van der Waals surface area contributed by atoms with Gasteiger partial charge in [0.05, 0.1) is 22.7 Å². The van der Waals surface area contributed by atoms with Crippen LogP contribution >= 0.6 is 0 Å². The third-order valence-corrected chi connectivity index (χ3v) is 15.3. The first-order chi connectivity index (χ1) is 37.0. The molecule has 0 spiro atoms. The Hall–Kier alpha value is -9.84. The van der Waals surface area contributed by atoms with Crippen LogP contribution in [0.3, 0.4) is 0 Å². The maximum atomic E-state index is 7.27. The predicted octanol–water partition coefficient (Wildman–Crippen LogP) is 20.6. The fraction of sp³-hybridized carbons (Fsp3) is 0.0286. The second kappa shape index (κ2) is 16.9. The van der Waals surface area contributed by atoms with Crippen molar-refractivity contribution in [3.63, 3.8) is 0 Å². The number of nitrogens with zero attached hydrogens (tertiary/aromatic N) is 2. The molecular formula is C70H46N2O3. The lowest BCUT2D eigenvalue weighted by molar-refractivity contribution is 0.665. The lowest BCUT2D eigenvalue weighted by Gasteiger charge is -2.28. The molecule has 0 aliphatic carbocycles. The van der Waals surface area contributed by atoms with Crippen molar-refractivity contribution in [2.75, 3.05) is 9.80 Å². The molecule has 0 aliphatic heterocycles. The molecule has 15 rings (SSSR count). The van der Waals surface area contributed by atoms with Gasteiger partial charge < -0.3 is 23.1 Å². The van der Waals surface area contributed by atoms with Gasteiger partial charge in [-0.3, -0.25) is 0 Å². The highest BCUT2D eigenvalue weighted by atomic mass is 16.3. The number of furan rings is 3. The molecule has 0 radical (unpaired) electrons. The minimum Gasteiger partial charge on any atom is -0.455 e. The number of hydrogen-bond acceptors (Lipinski definition) is 5. The van der Waals surface area contributed by atoms with E-state index in [9.17, 15) is 0 Å². The Morgan fingerprint density at radius 3 is 0.947 bits per heavy atom. The minimum atomic E-state index is 0.826. The smallest absolute Gasteiger partial charge is 0.159 e. The predicted molar refractivity (Wildman–Crippen MR) is 313 cm³/mol. The lowest BCUT2D eigenvalue weighted by Crippen LogP contribution is -2.11. The molecule has 0 atom stereocenters. The quantitative estimate of drug-likeness (QED) is 0.152. The van der Waals surface area contributed by atoms with Gasteiger partial charge in [0, 0.05) is 65.2 Å². The van der Waals surface area contributed by atoms with Crippen LogP contribution in [0.25, 0.3) is 110 Å². The van der Waals surface area contributed by atoms with Gasteiger partial charge in [0.15, 0.2) is 11.2 Å². The Labute approximate surface area is 432 Å². The van der Waals surface area contributed by atoms with Crippen molar-refractivity contribution in [1.29, 1.82) is 0 Å². The average molecular weight is 963 g/mol. The Kier molecular flexibility index (Phi) is 9.63. The van der Waals surface area contributed by atoms with Gasteiger partial charge in [-0.2, -0.15) is 0 Å². The molecule has 0 amide bonds. The van der Waals surface area contributed by atoms with Gasteiger partial charge >= 0.3 is 0 Å². The second-order valence-electron chi connectivity index (χ2n) is 19.6. The van der Waals surface area contributed by atoms with Crippen LogP contribution in [-0.2, 0) is 0 Å². The Bertz CT molecular complexity index is 4420. The third kappa shape index (κ3) is 6.71. The van der Waals surface area contributed by atoms with Crippen LogP contribution in [0, 0.1) is 13.8 Å². The molecule has 0 saturated heterocycles. The SMILES string of the molecule is Cc1cccc2c1oc1c(N(c3ccc(-c4ccccc4)cc3)c3cc4c5cc(N(c6ccc(-c7ccccc7)cc6)c6cccc7c6oc6c(C)cccc67)c6ccccc6c5oc4c4ccccc34)cccc12. The van der Waals surface area contributed by atoms with Crippen LogP contribution in [0.15, 0.2) is 256 Å². The highest BCUT2D eigenvalue weighted by Gasteiger charge is 2.27. The van der Waals surface area contributed by atoms with E-state index in [0.717, 1.165) is 155 Å². The van der Waals surface area contributed by atoms with E-state index in [-0.39, 0.29) is 0 Å². The summed E-state index contributed by atoms with van der Waals surface area (Å²) in [6.07, 6.45) is 0. The zero-order chi connectivity index (χ0) is 49.7. The van der Waals surface area contributed by atoms with E-state index in [2.05, 4.69) is 266 Å². The van der Waals surface area contributed by atoms with Gasteiger partial charge in [-0.05, 0) is 95.8 Å². The molecule has 0 saturated carbocycles. The molecule has 0 N–H and O–H groups in total. The molecular weight excluding hydrogens is 917 g/mol. The average Bonchev–Trinajstić information content (AvgIpc) is 4.25. The van der Waals surface area contributed by atoms with E-state index in [1.807, 2.05) is 0 Å². The van der Waals surface area contributed by atoms with Gasteiger partial charge in [-0.25, -0.2) is 0 Å². The van der Waals surface area contributed by atoms with Crippen LogP contribution in [-0.4, -0.2) is 0 Å². The molecule has 5 nitrogen and oxygen atoms in total. The van der Waals surface area contributed by atoms with Gasteiger partial charge in [0.2, 0.25) is 0 Å². The third-order valence-electron chi connectivity index (χ3n) is 15.3. The fourth-order valence-corrected chi connectivity index (χ4v) is 11.7. The number of rotatable bonds is 8. The molecule has 12 aromatic carbocycles. The lowest BCUT2D eigenvalue weighted by atomic mass is 9.98. The maximum Gasteiger partial charge on any atom is 0.159 e. The number of hydrogen-bond donors (Lipinski definition) is 0. The number of aryl methyl sites for hydroxylation is 2. The standard InChI is InChI=1S/C70H46N2O3/c1-43-17-13-27-55-57-29-15-31-61(69(57)73-65(43)55)71(49-37-33-47(34-38-49)45-19-5-3-6-20-45)63-41-59-60-42-64(52-24-10-12-26-54(52)68(60)75-67(59)53-25-11-9-23-51(53)63)72(50-39-35-48(36-40-50)46-21-7-4-8-22-46)62-32-16-30-58-56-28-14-18-44(2)66(56)74-70(58)62/h3-42H,1-2H3. The Morgan fingerprint density at radius 2 is 0.533 bits per heavy atom. The van der Waals surface area contributed by atoms with E-state index in [0.29, 0.717) is 0 Å². The van der Waals surface area contributed by atoms with Crippen LogP contribution in [0.5, 0.6) is 0 Å². The molecule has 0 fully saturated rings. The summed E-state index contributed by atoms with van der Waals surface area (Å²) in [6, 6.07) is 86.7. The highest BCUT2D eigenvalue weighted by Crippen LogP contribution is 2.52. The number of benzene rings is 12. The molecule has 0 unspecified atom stereocenters. The Morgan fingerprint density at radius 1 is 0.227 bits per heavy atom. The number of anilines is 6. The molecule has 3 heterocycles. The number of fused-ring (bicyclic) bond motifs is 13. The summed E-state index contributed by atoms with van der Waals surface area (Å²) in [7, 11) is 0. The van der Waals surface area contributed by atoms with Gasteiger partial charge in [-0.1, -0.05) is 194 Å². The Balaban J connectivity index is 1.02. The molecule has 0 bridgehead atoms. The van der Waals surface area contributed by atoms with Crippen molar-refractivity contribution in [2.24, 2.45) is 0 Å². The first kappa shape index (κ1) is 42.8. The molecule has 5 heteroatoms.